The summed E-state index contributed by atoms with van der Waals surface area (Å²) in [5.41, 5.74) is 9.44. The summed E-state index contributed by atoms with van der Waals surface area (Å²) in [6.07, 6.45) is 3.41. The lowest BCUT2D eigenvalue weighted by Gasteiger charge is -2.33. The van der Waals surface area contributed by atoms with Gasteiger partial charge in [0.25, 0.3) is 5.91 Å². The number of halogens is 1. The van der Waals surface area contributed by atoms with Crippen molar-refractivity contribution in [2.24, 2.45) is 5.73 Å². The fraction of sp³-hybridized carbons (Fsp3) is 0.321. The predicted molar refractivity (Wildman–Crippen MR) is 146 cm³/mol. The number of carbonyl (C=O) groups is 3. The number of hydrogen-bond acceptors (Lipinski definition) is 8. The van der Waals surface area contributed by atoms with Crippen molar-refractivity contribution < 1.29 is 18.8 Å². The number of primary amides is 1. The van der Waals surface area contributed by atoms with Crippen molar-refractivity contribution in [2.45, 2.75) is 37.8 Å². The standard InChI is InChI=1S/C28H28FN9O3/c1-36-13-21-19(3-2-7-31-21)22(14-36)34-28(41)24-10-18(29)12-37(24)25(39)15-38-23-5-4-16(17-6-8-32-33-11-17)9-20(23)26(35-38)27(30)40/h2-9,11,18,22,24H,10,12-15H2,1H3,(H2,30,40)(H,34,41). The molecule has 0 saturated carbocycles. The summed E-state index contributed by atoms with van der Waals surface area (Å²) in [7, 11) is 1.94. The number of pyridine rings is 1. The van der Waals surface area contributed by atoms with E-state index in [9.17, 15) is 18.8 Å². The minimum Gasteiger partial charge on any atom is -0.364 e. The van der Waals surface area contributed by atoms with E-state index in [2.05, 4.69) is 25.6 Å². The molecule has 0 bridgehead atoms. The lowest BCUT2D eigenvalue weighted by atomic mass is 9.99. The zero-order chi connectivity index (χ0) is 28.7. The minimum atomic E-state index is -1.34. The Balaban J connectivity index is 1.24. The van der Waals surface area contributed by atoms with E-state index in [0.29, 0.717) is 24.0 Å². The van der Waals surface area contributed by atoms with E-state index in [1.165, 1.54) is 9.58 Å². The van der Waals surface area contributed by atoms with Gasteiger partial charge in [-0.1, -0.05) is 12.1 Å². The number of carbonyl (C=O) groups excluding carboxylic acids is 3. The van der Waals surface area contributed by atoms with Crippen LogP contribution in [0, 0.1) is 0 Å². The largest absolute Gasteiger partial charge is 0.364 e. The van der Waals surface area contributed by atoms with Crippen molar-refractivity contribution in [2.75, 3.05) is 20.1 Å². The van der Waals surface area contributed by atoms with Crippen molar-refractivity contribution in [1.82, 2.24) is 40.1 Å². The normalized spacial score (nSPS) is 20.6. The maximum absolute atomic E-state index is 14.6. The average molecular weight is 558 g/mol. The fourth-order valence-corrected chi connectivity index (χ4v) is 5.67. The van der Waals surface area contributed by atoms with Gasteiger partial charge in [0.2, 0.25) is 11.8 Å². The highest BCUT2D eigenvalue weighted by Crippen LogP contribution is 2.29. The van der Waals surface area contributed by atoms with Crippen LogP contribution in [0.4, 0.5) is 4.39 Å². The highest BCUT2D eigenvalue weighted by molar-refractivity contribution is 6.05. The molecule has 1 saturated heterocycles. The molecule has 2 aliphatic rings. The van der Waals surface area contributed by atoms with Gasteiger partial charge in [-0.2, -0.15) is 15.3 Å². The highest BCUT2D eigenvalue weighted by atomic mass is 19.1. The van der Waals surface area contributed by atoms with Crippen LogP contribution in [0.5, 0.6) is 0 Å². The first kappa shape index (κ1) is 26.4. The quantitative estimate of drug-likeness (QED) is 0.359. The average Bonchev–Trinajstić information content (AvgIpc) is 3.54. The Morgan fingerprint density at radius 1 is 1.10 bits per heavy atom. The van der Waals surface area contributed by atoms with E-state index >= 15 is 0 Å². The maximum Gasteiger partial charge on any atom is 0.269 e. The molecule has 2 aliphatic heterocycles. The Labute approximate surface area is 234 Å². The molecule has 210 valence electrons. The van der Waals surface area contributed by atoms with Crippen molar-refractivity contribution >= 4 is 28.6 Å². The lowest BCUT2D eigenvalue weighted by Crippen LogP contribution is -2.50. The van der Waals surface area contributed by atoms with Gasteiger partial charge in [0, 0.05) is 36.7 Å². The van der Waals surface area contributed by atoms with Crippen LogP contribution in [0.1, 0.15) is 34.2 Å². The highest BCUT2D eigenvalue weighted by Gasteiger charge is 2.41. The summed E-state index contributed by atoms with van der Waals surface area (Å²) in [4.78, 5) is 46.9. The molecule has 3 amide bonds. The number of benzene rings is 1. The molecule has 6 rings (SSSR count). The van der Waals surface area contributed by atoms with Crippen molar-refractivity contribution in [1.29, 1.82) is 0 Å². The first-order chi connectivity index (χ1) is 19.8. The third kappa shape index (κ3) is 5.11. The van der Waals surface area contributed by atoms with Gasteiger partial charge in [0.05, 0.1) is 36.2 Å². The van der Waals surface area contributed by atoms with Gasteiger partial charge in [0.1, 0.15) is 18.8 Å². The molecule has 3 atom stereocenters. The topological polar surface area (TPSA) is 152 Å². The van der Waals surface area contributed by atoms with Crippen LogP contribution < -0.4 is 11.1 Å². The molecule has 3 aromatic heterocycles. The summed E-state index contributed by atoms with van der Waals surface area (Å²) in [6, 6.07) is 9.49. The second-order valence-corrected chi connectivity index (χ2v) is 10.4. The van der Waals surface area contributed by atoms with Gasteiger partial charge in [-0.05, 0) is 42.4 Å². The third-order valence-electron chi connectivity index (χ3n) is 7.59. The molecule has 41 heavy (non-hydrogen) atoms. The fourth-order valence-electron chi connectivity index (χ4n) is 5.67. The molecule has 0 spiro atoms. The van der Waals surface area contributed by atoms with E-state index in [-0.39, 0.29) is 31.2 Å². The summed E-state index contributed by atoms with van der Waals surface area (Å²) in [5.74, 6) is -1.66. The number of alkyl halides is 1. The van der Waals surface area contributed by atoms with Crippen LogP contribution in [0.2, 0.25) is 0 Å². The Hall–Kier alpha value is -4.78. The monoisotopic (exact) mass is 557 g/mol. The van der Waals surface area contributed by atoms with Gasteiger partial charge >= 0.3 is 0 Å². The number of nitrogens with two attached hydrogens (primary N) is 1. The molecule has 3 N–H and O–H groups in total. The van der Waals surface area contributed by atoms with Crippen molar-refractivity contribution in [3.63, 3.8) is 0 Å². The first-order valence-electron chi connectivity index (χ1n) is 13.2. The van der Waals surface area contributed by atoms with Crippen LogP contribution in [-0.2, 0) is 22.7 Å². The SMILES string of the molecule is CN1Cc2ncccc2C(NC(=O)C2CC(F)CN2C(=O)Cn2nc(C(N)=O)c3cc(-c4ccnnc4)ccc32)C1. The zero-order valence-corrected chi connectivity index (χ0v) is 22.3. The van der Waals surface area contributed by atoms with Gasteiger partial charge < -0.3 is 16.0 Å². The molecule has 1 fully saturated rings. The summed E-state index contributed by atoms with van der Waals surface area (Å²) in [5, 5.41) is 15.5. The smallest absolute Gasteiger partial charge is 0.269 e. The van der Waals surface area contributed by atoms with E-state index in [1.807, 2.05) is 30.1 Å². The lowest BCUT2D eigenvalue weighted by molar-refractivity contribution is -0.139. The van der Waals surface area contributed by atoms with Gasteiger partial charge in [0.15, 0.2) is 5.69 Å². The van der Waals surface area contributed by atoms with Crippen LogP contribution in [-0.4, -0.2) is 84.8 Å². The molecule has 0 aliphatic carbocycles. The van der Waals surface area contributed by atoms with Crippen LogP contribution in [0.15, 0.2) is 55.0 Å². The van der Waals surface area contributed by atoms with Gasteiger partial charge in [-0.3, -0.25) is 28.9 Å². The predicted octanol–water partition coefficient (Wildman–Crippen LogP) is 1.23. The van der Waals surface area contributed by atoms with Crippen LogP contribution >= 0.6 is 0 Å². The molecule has 0 radical (unpaired) electrons. The van der Waals surface area contributed by atoms with E-state index < -0.39 is 29.9 Å². The van der Waals surface area contributed by atoms with Gasteiger partial charge in [-0.25, -0.2) is 4.39 Å². The van der Waals surface area contributed by atoms with E-state index in [1.54, 1.807) is 36.8 Å². The van der Waals surface area contributed by atoms with Gasteiger partial charge in [-0.15, -0.1) is 0 Å². The second-order valence-electron chi connectivity index (χ2n) is 10.4. The molecule has 3 unspecified atom stereocenters. The zero-order valence-electron chi connectivity index (χ0n) is 22.3. The molecular formula is C28H28FN9O3. The number of nitrogens with one attached hydrogen (secondary N) is 1. The number of likely N-dealkylation sites (N-methyl/N-ethyl adjacent to an activating group) is 1. The summed E-state index contributed by atoms with van der Waals surface area (Å²) >= 11 is 0. The minimum absolute atomic E-state index is 0.00411. The number of likely N-dealkylation sites (tertiary alicyclic amines) is 1. The summed E-state index contributed by atoms with van der Waals surface area (Å²) in [6.45, 7) is 0.724. The number of nitrogens with zero attached hydrogens (tertiary/aromatic N) is 7. The molecule has 13 heteroatoms. The maximum atomic E-state index is 14.6. The van der Waals surface area contributed by atoms with Crippen molar-refractivity contribution in [3.8, 4) is 11.1 Å². The van der Waals surface area contributed by atoms with E-state index in [4.69, 9.17) is 5.73 Å². The third-order valence-corrected chi connectivity index (χ3v) is 7.59. The Kier molecular flexibility index (Phi) is 6.87. The number of fused-ring (bicyclic) bond motifs is 2. The first-order valence-corrected chi connectivity index (χ1v) is 13.2. The number of rotatable bonds is 6. The van der Waals surface area contributed by atoms with Crippen LogP contribution in [0.25, 0.3) is 22.0 Å². The van der Waals surface area contributed by atoms with Crippen LogP contribution in [0.3, 0.4) is 0 Å². The second kappa shape index (κ2) is 10.7. The molecule has 1 aromatic carbocycles. The molecular weight excluding hydrogens is 529 g/mol. The molecule has 12 nitrogen and oxygen atoms in total. The summed E-state index contributed by atoms with van der Waals surface area (Å²) < 4.78 is 16.0. The Morgan fingerprint density at radius 2 is 1.95 bits per heavy atom. The molecule has 4 aromatic rings. The number of aromatic nitrogens is 5. The van der Waals surface area contributed by atoms with Crippen molar-refractivity contribution in [3.05, 3.63) is 71.9 Å². The van der Waals surface area contributed by atoms with E-state index in [0.717, 1.165) is 22.4 Å². The Morgan fingerprint density at radius 3 is 2.73 bits per heavy atom. The number of hydrogen-bond donors (Lipinski definition) is 2. The molecule has 5 heterocycles. The number of amides is 3. The Bertz CT molecular complexity index is 1640.